The Morgan fingerprint density at radius 1 is 1.31 bits per heavy atom. The van der Waals surface area contributed by atoms with Gasteiger partial charge in [-0.3, -0.25) is 14.8 Å². The molecule has 1 N–H and O–H groups in total. The molecule has 0 aromatic carbocycles. The summed E-state index contributed by atoms with van der Waals surface area (Å²) in [6.45, 7) is 3.96. The molecule has 1 unspecified atom stereocenters. The molecule has 0 radical (unpaired) electrons. The second kappa shape index (κ2) is 10.4. The van der Waals surface area contributed by atoms with Crippen LogP contribution in [0.2, 0.25) is 5.15 Å². The van der Waals surface area contributed by atoms with Crippen LogP contribution in [0.5, 0.6) is 0 Å². The van der Waals surface area contributed by atoms with Crippen LogP contribution in [-0.2, 0) is 20.7 Å². The number of pyridine rings is 3. The molecule has 1 fully saturated rings. The molecule has 0 bridgehead atoms. The second-order valence-electron chi connectivity index (χ2n) is 8.42. The van der Waals surface area contributed by atoms with Crippen molar-refractivity contribution in [2.24, 2.45) is 5.92 Å². The predicted octanol–water partition coefficient (Wildman–Crippen LogP) is 4.43. The highest BCUT2D eigenvalue weighted by Crippen LogP contribution is 2.35. The molecular weight excluding hydrogens is 475 g/mol. The maximum Gasteiger partial charge on any atom is 0.358 e. The van der Waals surface area contributed by atoms with E-state index in [9.17, 15) is 14.0 Å². The standard InChI is InChI=1S/C25H24ClFN4O4/c1-13-8-19(14(2)29-18-4-5-21(26)31-23(18)25(33)34-3)30-20(9-13)22-16(12-35-24(22)32)10-15-6-7-28-11-17(15)27/h4-9,11,14,16,22,29H,10,12H2,1-3H3/t14-,16?,22+/m1/s1. The van der Waals surface area contributed by atoms with Crippen molar-refractivity contribution in [2.75, 3.05) is 19.0 Å². The Labute approximate surface area is 206 Å². The second-order valence-corrected chi connectivity index (χ2v) is 8.81. The lowest BCUT2D eigenvalue weighted by atomic mass is 9.86. The maximum absolute atomic E-state index is 14.2. The smallest absolute Gasteiger partial charge is 0.358 e. The molecule has 8 nitrogen and oxygen atoms in total. The third kappa shape index (κ3) is 5.40. The number of rotatable bonds is 7. The van der Waals surface area contributed by atoms with Gasteiger partial charge >= 0.3 is 11.9 Å². The summed E-state index contributed by atoms with van der Waals surface area (Å²) in [6, 6.07) is 8.19. The first-order chi connectivity index (χ1) is 16.8. The van der Waals surface area contributed by atoms with E-state index in [-0.39, 0.29) is 35.4 Å². The van der Waals surface area contributed by atoms with Gasteiger partial charge in [0.1, 0.15) is 16.9 Å². The fourth-order valence-electron chi connectivity index (χ4n) is 4.17. The third-order valence-corrected chi connectivity index (χ3v) is 6.10. The first kappa shape index (κ1) is 24.5. The monoisotopic (exact) mass is 498 g/mol. The molecule has 4 rings (SSSR count). The number of nitrogens with one attached hydrogen (secondary N) is 1. The lowest BCUT2D eigenvalue weighted by Gasteiger charge is -2.20. The van der Waals surface area contributed by atoms with Crippen molar-refractivity contribution in [1.29, 1.82) is 0 Å². The molecule has 3 aromatic heterocycles. The van der Waals surface area contributed by atoms with Gasteiger partial charge in [0.15, 0.2) is 5.69 Å². The van der Waals surface area contributed by atoms with Crippen LogP contribution in [0.1, 0.15) is 51.9 Å². The third-order valence-electron chi connectivity index (χ3n) is 5.89. The zero-order chi connectivity index (χ0) is 25.1. The number of aromatic nitrogens is 3. The number of carbonyl (C=O) groups is 2. The van der Waals surface area contributed by atoms with Crippen LogP contribution < -0.4 is 5.32 Å². The molecule has 0 spiro atoms. The van der Waals surface area contributed by atoms with Gasteiger partial charge in [-0.2, -0.15) is 0 Å². The molecule has 4 heterocycles. The minimum Gasteiger partial charge on any atom is -0.465 e. The van der Waals surface area contributed by atoms with E-state index in [0.29, 0.717) is 29.1 Å². The Balaban J connectivity index is 1.62. The van der Waals surface area contributed by atoms with Gasteiger partial charge in [0.25, 0.3) is 0 Å². The van der Waals surface area contributed by atoms with Gasteiger partial charge in [0.05, 0.1) is 43.0 Å². The van der Waals surface area contributed by atoms with Crippen molar-refractivity contribution in [3.05, 3.63) is 81.9 Å². The van der Waals surface area contributed by atoms with E-state index in [4.69, 9.17) is 26.1 Å². The van der Waals surface area contributed by atoms with Gasteiger partial charge in [-0.15, -0.1) is 0 Å². The van der Waals surface area contributed by atoms with E-state index in [1.54, 1.807) is 18.2 Å². The van der Waals surface area contributed by atoms with Crippen molar-refractivity contribution >= 4 is 29.2 Å². The topological polar surface area (TPSA) is 103 Å². The van der Waals surface area contributed by atoms with Gasteiger partial charge in [-0.05, 0) is 61.7 Å². The number of anilines is 1. The molecule has 1 saturated heterocycles. The van der Waals surface area contributed by atoms with Gasteiger partial charge in [-0.25, -0.2) is 14.2 Å². The number of methoxy groups -OCH3 is 1. The molecule has 10 heteroatoms. The Kier molecular flexibility index (Phi) is 7.25. The predicted molar refractivity (Wildman–Crippen MR) is 127 cm³/mol. The number of nitrogens with zero attached hydrogens (tertiary/aromatic N) is 3. The van der Waals surface area contributed by atoms with Crippen LogP contribution >= 0.6 is 11.6 Å². The van der Waals surface area contributed by atoms with Crippen molar-refractivity contribution in [1.82, 2.24) is 15.0 Å². The van der Waals surface area contributed by atoms with E-state index in [0.717, 1.165) is 11.8 Å². The van der Waals surface area contributed by atoms with E-state index < -0.39 is 17.7 Å². The average Bonchev–Trinajstić information content (AvgIpc) is 3.20. The van der Waals surface area contributed by atoms with Crippen LogP contribution in [0.4, 0.5) is 10.1 Å². The lowest BCUT2D eigenvalue weighted by Crippen LogP contribution is -2.20. The molecule has 3 atom stereocenters. The van der Waals surface area contributed by atoms with E-state index in [1.807, 2.05) is 26.0 Å². The summed E-state index contributed by atoms with van der Waals surface area (Å²) in [6.07, 6.45) is 3.00. The van der Waals surface area contributed by atoms with Gasteiger partial charge in [-0.1, -0.05) is 11.6 Å². The molecule has 35 heavy (non-hydrogen) atoms. The Morgan fingerprint density at radius 2 is 2.11 bits per heavy atom. The largest absolute Gasteiger partial charge is 0.465 e. The normalized spacial score (nSPS) is 18.1. The summed E-state index contributed by atoms with van der Waals surface area (Å²) in [7, 11) is 1.27. The quantitative estimate of drug-likeness (QED) is 0.377. The number of hydrogen-bond donors (Lipinski definition) is 1. The molecule has 182 valence electrons. The number of aryl methyl sites for hydroxylation is 1. The SMILES string of the molecule is COC(=O)c1nc(Cl)ccc1N[C@H](C)c1cc(C)cc([C@H]2C(=O)OCC2Cc2ccncc2F)n1. The molecule has 0 amide bonds. The Bertz CT molecular complexity index is 1270. The molecule has 1 aliphatic heterocycles. The van der Waals surface area contributed by atoms with Crippen LogP contribution in [0.15, 0.2) is 42.7 Å². The van der Waals surface area contributed by atoms with Crippen molar-refractivity contribution < 1.29 is 23.5 Å². The zero-order valence-corrected chi connectivity index (χ0v) is 20.2. The molecule has 0 aliphatic carbocycles. The fourth-order valence-corrected chi connectivity index (χ4v) is 4.32. The van der Waals surface area contributed by atoms with Crippen LogP contribution in [0.25, 0.3) is 0 Å². The number of carbonyl (C=O) groups excluding carboxylic acids is 2. The summed E-state index contributed by atoms with van der Waals surface area (Å²) in [4.78, 5) is 37.4. The number of hydrogen-bond acceptors (Lipinski definition) is 8. The minimum atomic E-state index is -0.628. The molecule has 1 aliphatic rings. The van der Waals surface area contributed by atoms with Crippen LogP contribution in [-0.4, -0.2) is 40.6 Å². The number of cyclic esters (lactones) is 1. The maximum atomic E-state index is 14.2. The van der Waals surface area contributed by atoms with E-state index >= 15 is 0 Å². The van der Waals surface area contributed by atoms with Crippen molar-refractivity contribution in [3.8, 4) is 0 Å². The summed E-state index contributed by atoms with van der Waals surface area (Å²) < 4.78 is 24.3. The van der Waals surface area contributed by atoms with Crippen molar-refractivity contribution in [2.45, 2.75) is 32.2 Å². The highest BCUT2D eigenvalue weighted by molar-refractivity contribution is 6.29. The highest BCUT2D eigenvalue weighted by atomic mass is 35.5. The number of ether oxygens (including phenoxy) is 2. The van der Waals surface area contributed by atoms with Crippen molar-refractivity contribution in [3.63, 3.8) is 0 Å². The Morgan fingerprint density at radius 3 is 2.86 bits per heavy atom. The molecule has 3 aromatic rings. The number of halogens is 2. The van der Waals surface area contributed by atoms with Crippen LogP contribution in [0.3, 0.4) is 0 Å². The van der Waals surface area contributed by atoms with E-state index in [1.165, 1.54) is 13.3 Å². The summed E-state index contributed by atoms with van der Waals surface area (Å²) in [5, 5.41) is 3.39. The first-order valence-corrected chi connectivity index (χ1v) is 11.4. The highest BCUT2D eigenvalue weighted by Gasteiger charge is 2.40. The van der Waals surface area contributed by atoms with Crippen LogP contribution in [0, 0.1) is 18.7 Å². The summed E-state index contributed by atoms with van der Waals surface area (Å²) in [5.41, 5.74) is 3.07. The Hall–Kier alpha value is -3.59. The first-order valence-electron chi connectivity index (χ1n) is 11.0. The van der Waals surface area contributed by atoms with Gasteiger partial charge in [0.2, 0.25) is 0 Å². The van der Waals surface area contributed by atoms with Gasteiger partial charge in [0, 0.05) is 12.1 Å². The fraction of sp³-hybridized carbons (Fsp3) is 0.320. The minimum absolute atomic E-state index is 0.0542. The van der Waals surface area contributed by atoms with Gasteiger partial charge < -0.3 is 14.8 Å². The lowest BCUT2D eigenvalue weighted by molar-refractivity contribution is -0.139. The summed E-state index contributed by atoms with van der Waals surface area (Å²) >= 11 is 5.95. The number of esters is 2. The molecular formula is C25H24ClFN4O4. The average molecular weight is 499 g/mol. The zero-order valence-electron chi connectivity index (χ0n) is 19.4. The van der Waals surface area contributed by atoms with E-state index in [2.05, 4.69) is 15.3 Å². The molecule has 0 saturated carbocycles. The summed E-state index contributed by atoms with van der Waals surface area (Å²) in [5.74, 6) is -2.32.